The van der Waals surface area contributed by atoms with Gasteiger partial charge in [0.1, 0.15) is 0 Å². The lowest BCUT2D eigenvalue weighted by Crippen LogP contribution is -2.36. The summed E-state index contributed by atoms with van der Waals surface area (Å²) in [4.78, 5) is 38.9. The first-order valence-electron chi connectivity index (χ1n) is 7.54. The van der Waals surface area contributed by atoms with Crippen molar-refractivity contribution in [2.45, 2.75) is 12.8 Å². The van der Waals surface area contributed by atoms with Crippen molar-refractivity contribution in [1.29, 1.82) is 0 Å². The van der Waals surface area contributed by atoms with E-state index in [1.807, 2.05) is 0 Å². The molecule has 0 radical (unpaired) electrons. The SMILES string of the molecule is O=C(O)[C@H]1CCN(C(=O)[C@H]2CC(=O)N(c3ccccc3Cl)C2)C1. The van der Waals surface area contributed by atoms with Crippen molar-refractivity contribution in [1.82, 2.24) is 4.90 Å². The second-order valence-electron chi connectivity index (χ2n) is 5.96. The van der Waals surface area contributed by atoms with E-state index in [-0.39, 0.29) is 31.3 Å². The van der Waals surface area contributed by atoms with Crippen LogP contribution in [0, 0.1) is 11.8 Å². The summed E-state index contributed by atoms with van der Waals surface area (Å²) in [5.41, 5.74) is 0.610. The molecule has 2 atom stereocenters. The fraction of sp³-hybridized carbons (Fsp3) is 0.438. The predicted octanol–water partition coefficient (Wildman–Crippen LogP) is 1.63. The van der Waals surface area contributed by atoms with E-state index in [1.54, 1.807) is 29.2 Å². The third-order valence-electron chi connectivity index (χ3n) is 4.47. The van der Waals surface area contributed by atoms with Gasteiger partial charge in [-0.3, -0.25) is 14.4 Å². The van der Waals surface area contributed by atoms with Crippen LogP contribution in [0.5, 0.6) is 0 Å². The minimum Gasteiger partial charge on any atom is -0.481 e. The molecular formula is C16H17ClN2O4. The molecule has 1 N–H and O–H groups in total. The molecule has 0 spiro atoms. The van der Waals surface area contributed by atoms with Gasteiger partial charge in [-0.1, -0.05) is 23.7 Å². The Morgan fingerprint density at radius 2 is 1.91 bits per heavy atom. The summed E-state index contributed by atoms with van der Waals surface area (Å²) in [5.74, 6) is -2.09. The van der Waals surface area contributed by atoms with Gasteiger partial charge in [-0.2, -0.15) is 0 Å². The van der Waals surface area contributed by atoms with Crippen LogP contribution in [0.3, 0.4) is 0 Å². The third-order valence-corrected chi connectivity index (χ3v) is 4.79. The number of nitrogens with zero attached hydrogens (tertiary/aromatic N) is 2. The molecule has 1 aromatic rings. The number of carbonyl (C=O) groups excluding carboxylic acids is 2. The van der Waals surface area contributed by atoms with E-state index in [2.05, 4.69) is 0 Å². The number of amides is 2. The number of carbonyl (C=O) groups is 3. The van der Waals surface area contributed by atoms with Crippen molar-refractivity contribution in [2.24, 2.45) is 11.8 Å². The molecule has 2 fully saturated rings. The Balaban J connectivity index is 1.69. The summed E-state index contributed by atoms with van der Waals surface area (Å²) in [7, 11) is 0. The van der Waals surface area contributed by atoms with Crippen LogP contribution in [0.25, 0.3) is 0 Å². The van der Waals surface area contributed by atoms with Crippen LogP contribution in [0.2, 0.25) is 5.02 Å². The molecule has 0 saturated carbocycles. The quantitative estimate of drug-likeness (QED) is 0.910. The normalized spacial score (nSPS) is 24.3. The molecular weight excluding hydrogens is 320 g/mol. The highest BCUT2D eigenvalue weighted by molar-refractivity contribution is 6.33. The van der Waals surface area contributed by atoms with Crippen molar-refractivity contribution < 1.29 is 19.5 Å². The minimum atomic E-state index is -0.875. The lowest BCUT2D eigenvalue weighted by molar-refractivity contribution is -0.141. The fourth-order valence-electron chi connectivity index (χ4n) is 3.20. The zero-order valence-corrected chi connectivity index (χ0v) is 13.2. The lowest BCUT2D eigenvalue weighted by Gasteiger charge is -2.21. The monoisotopic (exact) mass is 336 g/mol. The Bertz CT molecular complexity index is 663. The highest BCUT2D eigenvalue weighted by Gasteiger charge is 2.40. The third kappa shape index (κ3) is 3.03. The largest absolute Gasteiger partial charge is 0.481 e. The number of rotatable bonds is 3. The topological polar surface area (TPSA) is 77.9 Å². The number of hydrogen-bond acceptors (Lipinski definition) is 3. The molecule has 1 aromatic carbocycles. The van der Waals surface area contributed by atoms with E-state index in [0.717, 1.165) is 0 Å². The van der Waals surface area contributed by atoms with Gasteiger partial charge in [0.25, 0.3) is 0 Å². The number of hydrogen-bond donors (Lipinski definition) is 1. The Labute approximate surface area is 138 Å². The van der Waals surface area contributed by atoms with Gasteiger partial charge in [-0.15, -0.1) is 0 Å². The van der Waals surface area contributed by atoms with E-state index in [0.29, 0.717) is 23.7 Å². The van der Waals surface area contributed by atoms with Crippen molar-refractivity contribution in [3.05, 3.63) is 29.3 Å². The van der Waals surface area contributed by atoms with Gasteiger partial charge < -0.3 is 14.9 Å². The average Bonchev–Trinajstić information content (AvgIpc) is 3.14. The molecule has 2 heterocycles. The summed E-state index contributed by atoms with van der Waals surface area (Å²) in [6.45, 7) is 0.952. The number of aliphatic carboxylic acids is 1. The van der Waals surface area contributed by atoms with Gasteiger partial charge in [0, 0.05) is 26.1 Å². The first kappa shape index (κ1) is 15.8. The number of anilines is 1. The molecule has 122 valence electrons. The molecule has 0 aromatic heterocycles. The van der Waals surface area contributed by atoms with Crippen molar-refractivity contribution in [3.63, 3.8) is 0 Å². The fourth-order valence-corrected chi connectivity index (χ4v) is 3.43. The van der Waals surface area contributed by atoms with Gasteiger partial charge in [0.2, 0.25) is 11.8 Å². The zero-order valence-electron chi connectivity index (χ0n) is 12.4. The second kappa shape index (κ2) is 6.20. The molecule has 2 aliphatic rings. The number of para-hydroxylation sites is 1. The predicted molar refractivity (Wildman–Crippen MR) is 84.2 cm³/mol. The van der Waals surface area contributed by atoms with E-state index >= 15 is 0 Å². The number of halogens is 1. The van der Waals surface area contributed by atoms with E-state index in [1.165, 1.54) is 4.90 Å². The maximum Gasteiger partial charge on any atom is 0.308 e. The molecule has 3 rings (SSSR count). The van der Waals surface area contributed by atoms with Gasteiger partial charge in [-0.05, 0) is 18.6 Å². The van der Waals surface area contributed by atoms with Gasteiger partial charge in [0.15, 0.2) is 0 Å². The smallest absolute Gasteiger partial charge is 0.308 e. The van der Waals surface area contributed by atoms with Gasteiger partial charge >= 0.3 is 5.97 Å². The number of carboxylic acid groups (broad SMARTS) is 1. The van der Waals surface area contributed by atoms with Crippen LogP contribution in [-0.4, -0.2) is 47.4 Å². The Kier molecular flexibility index (Phi) is 4.26. The average molecular weight is 337 g/mol. The summed E-state index contributed by atoms with van der Waals surface area (Å²) in [5, 5.41) is 9.50. The van der Waals surface area contributed by atoms with Crippen molar-refractivity contribution in [3.8, 4) is 0 Å². The maximum absolute atomic E-state index is 12.5. The molecule has 0 aliphatic carbocycles. The molecule has 0 unspecified atom stereocenters. The standard InChI is InChI=1S/C16H17ClN2O4/c17-12-3-1-2-4-13(12)19-9-11(7-14(19)20)15(21)18-6-5-10(8-18)16(22)23/h1-4,10-11H,5-9H2,(H,22,23)/t10-,11-/m0/s1. The molecule has 2 amide bonds. The van der Waals surface area contributed by atoms with Crippen LogP contribution >= 0.6 is 11.6 Å². The van der Waals surface area contributed by atoms with E-state index in [4.69, 9.17) is 16.7 Å². The van der Waals surface area contributed by atoms with Crippen LogP contribution < -0.4 is 4.90 Å². The summed E-state index contributed by atoms with van der Waals surface area (Å²) in [6.07, 6.45) is 0.605. The highest BCUT2D eigenvalue weighted by Crippen LogP contribution is 2.32. The Morgan fingerprint density at radius 1 is 1.17 bits per heavy atom. The summed E-state index contributed by atoms with van der Waals surface area (Å²) in [6, 6.07) is 7.04. The minimum absolute atomic E-state index is 0.134. The summed E-state index contributed by atoms with van der Waals surface area (Å²) >= 11 is 6.12. The molecule has 2 saturated heterocycles. The Hall–Kier alpha value is -2.08. The van der Waals surface area contributed by atoms with E-state index in [9.17, 15) is 14.4 Å². The maximum atomic E-state index is 12.5. The molecule has 6 nitrogen and oxygen atoms in total. The van der Waals surface area contributed by atoms with Crippen LogP contribution in [-0.2, 0) is 14.4 Å². The zero-order chi connectivity index (χ0) is 16.6. The van der Waals surface area contributed by atoms with E-state index < -0.39 is 17.8 Å². The van der Waals surface area contributed by atoms with Crippen LogP contribution in [0.15, 0.2) is 24.3 Å². The number of likely N-dealkylation sites (tertiary alicyclic amines) is 1. The van der Waals surface area contributed by atoms with Crippen molar-refractivity contribution >= 4 is 35.1 Å². The molecule has 2 aliphatic heterocycles. The molecule has 0 bridgehead atoms. The van der Waals surface area contributed by atoms with Gasteiger partial charge in [0.05, 0.1) is 22.5 Å². The first-order chi connectivity index (χ1) is 11.0. The lowest BCUT2D eigenvalue weighted by atomic mass is 10.1. The molecule has 7 heteroatoms. The highest BCUT2D eigenvalue weighted by atomic mass is 35.5. The van der Waals surface area contributed by atoms with Crippen LogP contribution in [0.4, 0.5) is 5.69 Å². The second-order valence-corrected chi connectivity index (χ2v) is 6.37. The van der Waals surface area contributed by atoms with Crippen LogP contribution in [0.1, 0.15) is 12.8 Å². The van der Waals surface area contributed by atoms with Gasteiger partial charge in [-0.25, -0.2) is 0 Å². The first-order valence-corrected chi connectivity index (χ1v) is 7.91. The van der Waals surface area contributed by atoms with Crippen molar-refractivity contribution in [2.75, 3.05) is 24.5 Å². The number of benzene rings is 1. The number of carboxylic acids is 1. The Morgan fingerprint density at radius 3 is 2.57 bits per heavy atom. The summed E-state index contributed by atoms with van der Waals surface area (Å²) < 4.78 is 0. The molecule has 23 heavy (non-hydrogen) atoms.